The number of thioether (sulfide) groups is 1. The number of hydrogen-bond donors (Lipinski definition) is 1. The Morgan fingerprint density at radius 1 is 1.28 bits per heavy atom. The van der Waals surface area contributed by atoms with E-state index in [1.165, 1.54) is 13.0 Å². The van der Waals surface area contributed by atoms with Crippen LogP contribution in [0.25, 0.3) is 0 Å². The van der Waals surface area contributed by atoms with Gasteiger partial charge < -0.3 is 5.11 Å². The maximum Gasteiger partial charge on any atom is 0.521 e. The predicted octanol–water partition coefficient (Wildman–Crippen LogP) is 4.13. The summed E-state index contributed by atoms with van der Waals surface area (Å²) in [7, 11) is 0. The molecule has 2 unspecified atom stereocenters. The summed E-state index contributed by atoms with van der Waals surface area (Å²) in [5.41, 5.74) is -1.31. The molecule has 1 aliphatic rings. The Bertz CT molecular complexity index is 841. The fraction of sp³-hybridized carbons (Fsp3) is 0.474. The standard InChI is InChI=1S/C19H20F3NO5S/c1-11-5-4-8-23(11,18(27)28)16(25)10-15(29-12(2)24)17(26)13-6-3-7-14(9-13)19(20,21)22/h3,6-7,9,11,15H,4-5,8,10H2,1-2H3/p+1/t11-,15?,23?/m1/s1. The predicted molar refractivity (Wildman–Crippen MR) is 99.3 cm³/mol. The van der Waals surface area contributed by atoms with Gasteiger partial charge in [-0.2, -0.15) is 22.4 Å². The van der Waals surface area contributed by atoms with Crippen LogP contribution in [0.15, 0.2) is 24.3 Å². The number of carbonyl (C=O) groups excluding carboxylic acids is 3. The minimum absolute atomic E-state index is 0.0739. The molecule has 1 aliphatic heterocycles. The largest absolute Gasteiger partial charge is 0.521 e. The average Bonchev–Trinajstić information content (AvgIpc) is 3.02. The summed E-state index contributed by atoms with van der Waals surface area (Å²) in [4.78, 5) is 49.2. The molecule has 0 bridgehead atoms. The highest BCUT2D eigenvalue weighted by Gasteiger charge is 2.53. The first-order chi connectivity index (χ1) is 13.4. The van der Waals surface area contributed by atoms with Crippen molar-refractivity contribution in [2.45, 2.75) is 50.6 Å². The second-order valence-corrected chi connectivity index (χ2v) is 8.38. The molecule has 0 radical (unpaired) electrons. The van der Waals surface area contributed by atoms with Gasteiger partial charge >= 0.3 is 18.2 Å². The first kappa shape index (κ1) is 23.1. The molecule has 6 nitrogen and oxygen atoms in total. The lowest BCUT2D eigenvalue weighted by atomic mass is 10.0. The van der Waals surface area contributed by atoms with Gasteiger partial charge in [-0.05, 0) is 19.1 Å². The van der Waals surface area contributed by atoms with Crippen LogP contribution in [0.5, 0.6) is 0 Å². The van der Waals surface area contributed by atoms with E-state index in [1.807, 2.05) is 0 Å². The molecule has 1 N–H and O–H groups in total. The lowest BCUT2D eigenvalue weighted by Gasteiger charge is -2.30. The molecule has 3 atom stereocenters. The number of quaternary nitrogens is 1. The number of halogens is 3. The third kappa shape index (κ3) is 4.87. The van der Waals surface area contributed by atoms with E-state index in [4.69, 9.17) is 0 Å². The number of ketones is 1. The van der Waals surface area contributed by atoms with Crippen molar-refractivity contribution < 1.29 is 41.9 Å². The number of likely N-dealkylation sites (tertiary alicyclic amines) is 1. The summed E-state index contributed by atoms with van der Waals surface area (Å²) >= 11 is 0.521. The van der Waals surface area contributed by atoms with E-state index in [0.29, 0.717) is 30.7 Å². The Balaban J connectivity index is 2.35. The lowest BCUT2D eigenvalue weighted by Crippen LogP contribution is -2.59. The van der Waals surface area contributed by atoms with E-state index in [0.717, 1.165) is 12.1 Å². The van der Waals surface area contributed by atoms with Gasteiger partial charge in [0.1, 0.15) is 6.04 Å². The van der Waals surface area contributed by atoms with Crippen molar-refractivity contribution in [1.29, 1.82) is 0 Å². The molecule has 29 heavy (non-hydrogen) atoms. The fourth-order valence-electron chi connectivity index (χ4n) is 3.58. The normalized spacial score (nSPS) is 22.9. The van der Waals surface area contributed by atoms with Crippen LogP contribution in [-0.4, -0.2) is 50.3 Å². The molecule has 0 spiro atoms. The number of carbonyl (C=O) groups is 4. The van der Waals surface area contributed by atoms with E-state index >= 15 is 0 Å². The van der Waals surface area contributed by atoms with Gasteiger partial charge in [0.2, 0.25) is 0 Å². The second kappa shape index (κ2) is 8.66. The van der Waals surface area contributed by atoms with Gasteiger partial charge in [0.25, 0.3) is 0 Å². The number of alkyl halides is 3. The van der Waals surface area contributed by atoms with Crippen LogP contribution in [-0.2, 0) is 15.8 Å². The number of imide groups is 1. The van der Waals surface area contributed by atoms with Crippen molar-refractivity contribution in [3.05, 3.63) is 35.4 Å². The monoisotopic (exact) mass is 432 g/mol. The Labute approximate surface area is 169 Å². The van der Waals surface area contributed by atoms with Crippen molar-refractivity contribution in [3.8, 4) is 0 Å². The van der Waals surface area contributed by atoms with Crippen LogP contribution < -0.4 is 0 Å². The number of hydrogen-bond acceptors (Lipinski definition) is 5. The third-order valence-electron chi connectivity index (χ3n) is 5.11. The molecule has 10 heteroatoms. The summed E-state index contributed by atoms with van der Waals surface area (Å²) in [6.07, 6.45) is -5.51. The highest BCUT2D eigenvalue weighted by atomic mass is 32.2. The zero-order valence-corrected chi connectivity index (χ0v) is 16.7. The maximum atomic E-state index is 12.9. The SMILES string of the molecule is CC(=O)SC(CC(=O)[N+]1(C(=O)O)CCC[C@H]1C)C(=O)c1cccc(C(F)(F)F)c1. The fourth-order valence-corrected chi connectivity index (χ4v) is 4.45. The number of rotatable bonds is 5. The van der Waals surface area contributed by atoms with Gasteiger partial charge in [0, 0.05) is 25.3 Å². The molecular weight excluding hydrogens is 411 g/mol. The van der Waals surface area contributed by atoms with Crippen LogP contribution in [0.1, 0.15) is 49.0 Å². The molecule has 1 aromatic carbocycles. The van der Waals surface area contributed by atoms with Crippen molar-refractivity contribution in [1.82, 2.24) is 0 Å². The molecule has 0 aliphatic carbocycles. The van der Waals surface area contributed by atoms with Gasteiger partial charge in [-0.1, -0.05) is 23.9 Å². The quantitative estimate of drug-likeness (QED) is 0.556. The first-order valence-electron chi connectivity index (χ1n) is 8.93. The highest BCUT2D eigenvalue weighted by molar-refractivity contribution is 8.14. The number of amides is 2. The molecule has 0 saturated carbocycles. The molecule has 1 fully saturated rings. The zero-order valence-electron chi connectivity index (χ0n) is 15.9. The van der Waals surface area contributed by atoms with Crippen molar-refractivity contribution in [2.24, 2.45) is 0 Å². The molecule has 0 aromatic heterocycles. The second-order valence-electron chi connectivity index (χ2n) is 7.00. The van der Waals surface area contributed by atoms with E-state index < -0.39 is 56.8 Å². The van der Waals surface area contributed by atoms with Crippen LogP contribution in [0.3, 0.4) is 0 Å². The Hall–Kier alpha value is -2.20. The van der Waals surface area contributed by atoms with Crippen LogP contribution in [0, 0.1) is 0 Å². The Morgan fingerprint density at radius 2 is 1.93 bits per heavy atom. The van der Waals surface area contributed by atoms with Gasteiger partial charge in [0.05, 0.1) is 23.8 Å². The van der Waals surface area contributed by atoms with Crippen molar-refractivity contribution >= 4 is 34.7 Å². The Morgan fingerprint density at radius 3 is 2.41 bits per heavy atom. The molecule has 158 valence electrons. The smallest absolute Gasteiger partial charge is 0.435 e. The number of benzene rings is 1. The van der Waals surface area contributed by atoms with E-state index in [1.54, 1.807) is 6.92 Å². The number of Topliss-reactive ketones (excluding diaryl/α,β-unsaturated/α-hetero) is 1. The van der Waals surface area contributed by atoms with Gasteiger partial charge in [-0.3, -0.25) is 9.59 Å². The molecule has 2 amide bonds. The van der Waals surface area contributed by atoms with E-state index in [9.17, 15) is 37.5 Å². The summed E-state index contributed by atoms with van der Waals surface area (Å²) in [5, 5.41) is 7.85. The molecule has 1 saturated heterocycles. The summed E-state index contributed by atoms with van der Waals surface area (Å²) in [5.74, 6) is -1.55. The third-order valence-corrected chi connectivity index (χ3v) is 6.10. The topological polar surface area (TPSA) is 88.5 Å². The number of nitrogens with zero attached hydrogens (tertiary/aromatic N) is 1. The Kier molecular flexibility index (Phi) is 6.89. The van der Waals surface area contributed by atoms with E-state index in [-0.39, 0.29) is 12.1 Å². The first-order valence-corrected chi connectivity index (χ1v) is 9.81. The zero-order chi connectivity index (χ0) is 22.0. The minimum Gasteiger partial charge on any atom is -0.435 e. The summed E-state index contributed by atoms with van der Waals surface area (Å²) in [6, 6.07) is 3.23. The van der Waals surface area contributed by atoms with Gasteiger partial charge in [-0.25, -0.2) is 4.79 Å². The number of carboxylic acid groups (broad SMARTS) is 1. The van der Waals surface area contributed by atoms with Crippen molar-refractivity contribution in [2.75, 3.05) is 6.54 Å². The van der Waals surface area contributed by atoms with Crippen LogP contribution in [0.4, 0.5) is 18.0 Å². The van der Waals surface area contributed by atoms with Crippen molar-refractivity contribution in [3.63, 3.8) is 0 Å². The van der Waals surface area contributed by atoms with Gasteiger partial charge in [0.15, 0.2) is 10.9 Å². The average molecular weight is 432 g/mol. The molecule has 1 heterocycles. The molecule has 2 rings (SSSR count). The molecular formula is C19H21F3NO5S+. The molecule has 1 aromatic rings. The summed E-state index contributed by atoms with van der Waals surface area (Å²) < 4.78 is 38.0. The maximum absolute atomic E-state index is 12.9. The van der Waals surface area contributed by atoms with Crippen LogP contribution in [0.2, 0.25) is 0 Å². The van der Waals surface area contributed by atoms with Crippen LogP contribution >= 0.6 is 11.8 Å². The highest BCUT2D eigenvalue weighted by Crippen LogP contribution is 2.33. The lowest BCUT2D eigenvalue weighted by molar-refractivity contribution is -0.792. The van der Waals surface area contributed by atoms with E-state index in [2.05, 4.69) is 0 Å². The summed E-state index contributed by atoms with van der Waals surface area (Å²) in [6.45, 7) is 2.87. The minimum atomic E-state index is -4.65. The van der Waals surface area contributed by atoms with Gasteiger partial charge in [-0.15, -0.1) is 0 Å².